The molecule has 2 aliphatic heterocycles. The van der Waals surface area contributed by atoms with E-state index >= 15 is 0 Å². The first-order valence-electron chi connectivity index (χ1n) is 9.99. The van der Waals surface area contributed by atoms with Crippen LogP contribution in [0.5, 0.6) is 0 Å². The summed E-state index contributed by atoms with van der Waals surface area (Å²) in [5.41, 5.74) is 0.551. The van der Waals surface area contributed by atoms with Crippen molar-refractivity contribution >= 4 is 29.1 Å². The van der Waals surface area contributed by atoms with Gasteiger partial charge in [-0.2, -0.15) is 5.10 Å². The van der Waals surface area contributed by atoms with Crippen molar-refractivity contribution in [3.05, 3.63) is 54.6 Å². The molecule has 7 nitrogen and oxygen atoms in total. The number of H-pyrrole nitrogens is 1. The summed E-state index contributed by atoms with van der Waals surface area (Å²) in [4.78, 5) is 7.73. The molecule has 0 aliphatic carbocycles. The van der Waals surface area contributed by atoms with E-state index in [0.717, 1.165) is 55.7 Å². The molecule has 2 saturated heterocycles. The number of rotatable bonds is 5. The maximum Gasteiger partial charge on any atom is 0.152 e. The number of aromatic amines is 1. The summed E-state index contributed by atoms with van der Waals surface area (Å²) in [5, 5.41) is 14.1. The lowest BCUT2D eigenvalue weighted by Gasteiger charge is -2.34. The standard InChI is InChI=1S/C21H23FN6OS/c22-17-11-15(1-2-18(17)30-16-3-6-23-7-4-16)25-19-12-20(27-26-19)28-9-5-21(14-28)13-24-8-10-29-21/h1-4,6-7,11-12,24H,5,8-10,13-14H2,(H2,25,26,27). The topological polar surface area (TPSA) is 78.1 Å². The number of ether oxygens (including phenoxy) is 1. The van der Waals surface area contributed by atoms with Crippen LogP contribution in [0.4, 0.5) is 21.7 Å². The Labute approximate surface area is 178 Å². The van der Waals surface area contributed by atoms with Crippen LogP contribution in [0.25, 0.3) is 0 Å². The molecule has 5 rings (SSSR count). The predicted molar refractivity (Wildman–Crippen MR) is 115 cm³/mol. The van der Waals surface area contributed by atoms with Gasteiger partial charge in [-0.25, -0.2) is 4.39 Å². The van der Waals surface area contributed by atoms with E-state index in [2.05, 4.69) is 30.7 Å². The fourth-order valence-electron chi connectivity index (χ4n) is 3.90. The molecule has 0 saturated carbocycles. The molecule has 3 N–H and O–H groups in total. The Morgan fingerprint density at radius 1 is 1.20 bits per heavy atom. The third-order valence-electron chi connectivity index (χ3n) is 5.43. The van der Waals surface area contributed by atoms with E-state index in [9.17, 15) is 4.39 Å². The Morgan fingerprint density at radius 2 is 2.10 bits per heavy atom. The molecule has 1 unspecified atom stereocenters. The summed E-state index contributed by atoms with van der Waals surface area (Å²) < 4.78 is 20.6. The summed E-state index contributed by atoms with van der Waals surface area (Å²) in [6.07, 6.45) is 4.38. The fraction of sp³-hybridized carbons (Fsp3) is 0.333. The van der Waals surface area contributed by atoms with Gasteiger partial charge in [-0.05, 0) is 36.8 Å². The molecule has 1 atom stereocenters. The normalized spacial score (nSPS) is 21.3. The van der Waals surface area contributed by atoms with Crippen LogP contribution in [0.2, 0.25) is 0 Å². The van der Waals surface area contributed by atoms with E-state index < -0.39 is 0 Å². The summed E-state index contributed by atoms with van der Waals surface area (Å²) in [5.74, 6) is 1.32. The second-order valence-electron chi connectivity index (χ2n) is 7.57. The molecule has 9 heteroatoms. The van der Waals surface area contributed by atoms with Crippen molar-refractivity contribution in [3.63, 3.8) is 0 Å². The highest BCUT2D eigenvalue weighted by Gasteiger charge is 2.41. The zero-order valence-electron chi connectivity index (χ0n) is 16.4. The lowest BCUT2D eigenvalue weighted by atomic mass is 10.0. The van der Waals surface area contributed by atoms with Crippen LogP contribution in [0.15, 0.2) is 58.6 Å². The molecule has 0 amide bonds. The minimum atomic E-state index is -0.273. The minimum absolute atomic E-state index is 0.115. The van der Waals surface area contributed by atoms with Crippen molar-refractivity contribution < 1.29 is 9.13 Å². The van der Waals surface area contributed by atoms with Gasteiger partial charge in [0.05, 0.1) is 12.2 Å². The van der Waals surface area contributed by atoms with Crippen molar-refractivity contribution in [1.29, 1.82) is 0 Å². The van der Waals surface area contributed by atoms with E-state index in [1.54, 1.807) is 18.5 Å². The van der Waals surface area contributed by atoms with Crippen molar-refractivity contribution in [2.45, 2.75) is 21.8 Å². The minimum Gasteiger partial charge on any atom is -0.370 e. The zero-order chi connectivity index (χ0) is 20.4. The van der Waals surface area contributed by atoms with Gasteiger partial charge in [0.2, 0.25) is 0 Å². The first kappa shape index (κ1) is 19.3. The number of morpholine rings is 1. The van der Waals surface area contributed by atoms with Crippen molar-refractivity contribution in [2.24, 2.45) is 0 Å². The first-order valence-corrected chi connectivity index (χ1v) is 10.8. The maximum absolute atomic E-state index is 14.6. The number of nitrogens with zero attached hydrogens (tertiary/aromatic N) is 3. The van der Waals surface area contributed by atoms with Gasteiger partial charge in [-0.3, -0.25) is 10.1 Å². The van der Waals surface area contributed by atoms with Crippen LogP contribution < -0.4 is 15.5 Å². The first-order chi connectivity index (χ1) is 14.7. The summed E-state index contributed by atoms with van der Waals surface area (Å²) in [6.45, 7) is 4.26. The Hall–Kier alpha value is -2.62. The third kappa shape index (κ3) is 4.14. The molecule has 2 aliphatic rings. The molecule has 0 radical (unpaired) electrons. The van der Waals surface area contributed by atoms with Gasteiger partial charge in [-0.1, -0.05) is 11.8 Å². The molecule has 30 heavy (non-hydrogen) atoms. The van der Waals surface area contributed by atoms with E-state index in [0.29, 0.717) is 10.6 Å². The highest BCUT2D eigenvalue weighted by molar-refractivity contribution is 7.99. The monoisotopic (exact) mass is 426 g/mol. The fourth-order valence-corrected chi connectivity index (χ4v) is 4.70. The third-order valence-corrected chi connectivity index (χ3v) is 6.49. The molecule has 3 aromatic rings. The van der Waals surface area contributed by atoms with E-state index in [1.807, 2.05) is 24.3 Å². The number of aromatic nitrogens is 3. The van der Waals surface area contributed by atoms with Crippen LogP contribution in [0, 0.1) is 5.82 Å². The van der Waals surface area contributed by atoms with Gasteiger partial charge in [0.25, 0.3) is 0 Å². The van der Waals surface area contributed by atoms with Crippen LogP contribution in [0.3, 0.4) is 0 Å². The van der Waals surface area contributed by atoms with Gasteiger partial charge in [0.1, 0.15) is 11.6 Å². The molecular formula is C21H23FN6OS. The van der Waals surface area contributed by atoms with E-state index in [4.69, 9.17) is 4.74 Å². The average molecular weight is 427 g/mol. The highest BCUT2D eigenvalue weighted by atomic mass is 32.2. The number of halogens is 1. The number of nitrogens with one attached hydrogen (secondary N) is 3. The van der Waals surface area contributed by atoms with Crippen molar-refractivity contribution in [1.82, 2.24) is 20.5 Å². The zero-order valence-corrected chi connectivity index (χ0v) is 17.2. The van der Waals surface area contributed by atoms with Crippen LogP contribution >= 0.6 is 11.8 Å². The lowest BCUT2D eigenvalue weighted by Crippen LogP contribution is -2.51. The molecule has 4 heterocycles. The summed E-state index contributed by atoms with van der Waals surface area (Å²) >= 11 is 1.37. The Kier molecular flexibility index (Phi) is 5.32. The second kappa shape index (κ2) is 8.25. The van der Waals surface area contributed by atoms with Crippen molar-refractivity contribution in [3.8, 4) is 0 Å². The Bertz CT molecular complexity index is 1010. The smallest absolute Gasteiger partial charge is 0.152 e. The number of anilines is 3. The van der Waals surface area contributed by atoms with Gasteiger partial charge in [0.15, 0.2) is 5.82 Å². The van der Waals surface area contributed by atoms with Gasteiger partial charge in [-0.15, -0.1) is 0 Å². The second-order valence-corrected chi connectivity index (χ2v) is 8.69. The van der Waals surface area contributed by atoms with Crippen molar-refractivity contribution in [2.75, 3.05) is 43.0 Å². The average Bonchev–Trinajstić information content (AvgIpc) is 3.39. The number of benzene rings is 1. The molecule has 0 bridgehead atoms. The quantitative estimate of drug-likeness (QED) is 0.577. The predicted octanol–water partition coefficient (Wildman–Crippen LogP) is 3.41. The number of pyridine rings is 1. The highest BCUT2D eigenvalue weighted by Crippen LogP contribution is 2.33. The molecule has 2 aromatic heterocycles. The SMILES string of the molecule is Fc1cc(Nc2cc(N3CCC4(CNCCO4)C3)n[nH]2)ccc1Sc1ccncc1. The molecule has 1 aromatic carbocycles. The van der Waals surface area contributed by atoms with Crippen LogP contribution in [-0.4, -0.2) is 53.6 Å². The van der Waals surface area contributed by atoms with Gasteiger partial charge in [0, 0.05) is 60.1 Å². The van der Waals surface area contributed by atoms with Gasteiger partial charge >= 0.3 is 0 Å². The summed E-state index contributed by atoms with van der Waals surface area (Å²) in [7, 11) is 0. The number of hydrogen-bond donors (Lipinski definition) is 3. The maximum atomic E-state index is 14.6. The lowest BCUT2D eigenvalue weighted by molar-refractivity contribution is -0.0496. The largest absolute Gasteiger partial charge is 0.370 e. The van der Waals surface area contributed by atoms with E-state index in [1.165, 1.54) is 17.8 Å². The Balaban J connectivity index is 1.24. The molecular weight excluding hydrogens is 403 g/mol. The number of hydrogen-bond acceptors (Lipinski definition) is 7. The summed E-state index contributed by atoms with van der Waals surface area (Å²) in [6, 6.07) is 10.8. The van der Waals surface area contributed by atoms with Gasteiger partial charge < -0.3 is 20.3 Å². The van der Waals surface area contributed by atoms with Crippen LogP contribution in [0.1, 0.15) is 6.42 Å². The Morgan fingerprint density at radius 3 is 2.90 bits per heavy atom. The molecule has 1 spiro atoms. The van der Waals surface area contributed by atoms with Crippen LogP contribution in [-0.2, 0) is 4.74 Å². The molecule has 2 fully saturated rings. The molecule has 156 valence electrons. The van der Waals surface area contributed by atoms with E-state index in [-0.39, 0.29) is 11.4 Å².